The smallest absolute Gasteiger partial charge is 0.324 e. The molecule has 0 saturated carbocycles. The normalized spacial score (nSPS) is 11.4. The fourth-order valence-corrected chi connectivity index (χ4v) is 4.84. The van der Waals surface area contributed by atoms with Crippen molar-refractivity contribution < 1.29 is 19.2 Å². The molecule has 0 saturated heterocycles. The molecule has 2 aromatic heterocycles. The number of methoxy groups -OCH3 is 2. The van der Waals surface area contributed by atoms with E-state index in [0.29, 0.717) is 33.6 Å². The van der Waals surface area contributed by atoms with Crippen LogP contribution < -0.4 is 14.4 Å². The highest BCUT2D eigenvalue weighted by atomic mass is 32.1. The molecule has 0 unspecified atom stereocenters. The number of hydrogen-bond acceptors (Lipinski definition) is 9. The summed E-state index contributed by atoms with van der Waals surface area (Å²) < 4.78 is 11.7. The quantitative estimate of drug-likeness (QED) is 0.245. The van der Waals surface area contributed by atoms with E-state index in [1.54, 1.807) is 37.3 Å². The first-order valence-electron chi connectivity index (χ1n) is 9.74. The molecular weight excluding hydrogens is 452 g/mol. The summed E-state index contributed by atoms with van der Waals surface area (Å²) in [6, 6.07) is 6.64. The van der Waals surface area contributed by atoms with E-state index >= 15 is 0 Å². The van der Waals surface area contributed by atoms with E-state index in [2.05, 4.69) is 4.98 Å². The van der Waals surface area contributed by atoms with Crippen molar-refractivity contribution in [3.63, 3.8) is 0 Å². The van der Waals surface area contributed by atoms with Gasteiger partial charge >= 0.3 is 5.00 Å². The van der Waals surface area contributed by atoms with Crippen molar-refractivity contribution in [2.24, 2.45) is 0 Å². The summed E-state index contributed by atoms with van der Waals surface area (Å²) in [6.07, 6.45) is 3.76. The van der Waals surface area contributed by atoms with Gasteiger partial charge in [-0.25, -0.2) is 4.98 Å². The molecule has 0 aliphatic heterocycles. The van der Waals surface area contributed by atoms with Crippen LogP contribution in [0.25, 0.3) is 16.3 Å². The van der Waals surface area contributed by atoms with E-state index in [1.165, 1.54) is 23.5 Å². The number of carbonyl (C=O) groups is 1. The molecule has 2 heterocycles. The topological polar surface area (TPSA) is 98.0 Å². The van der Waals surface area contributed by atoms with Gasteiger partial charge in [0, 0.05) is 23.6 Å². The summed E-state index contributed by atoms with van der Waals surface area (Å²) in [6.45, 7) is 1.28. The van der Waals surface area contributed by atoms with Crippen LogP contribution in [0.4, 0.5) is 10.1 Å². The molecule has 1 aromatic carbocycles. The predicted octanol–water partition coefficient (Wildman–Crippen LogP) is 4.28. The lowest BCUT2D eigenvalue weighted by molar-refractivity contribution is -0.380. The first-order chi connectivity index (χ1) is 15.3. The standard InChI is InChI=1S/C21H24N4O5S2/c1-23(2)12-5-13-24(17(26)10-6-14-7-11-18(31-14)25(27)28)21-22-19-15(29-3)8-9-16(30-4)20(19)32-21/h6-11H,5,12-13H2,1-4H3/b10-6+. The zero-order valence-corrected chi connectivity index (χ0v) is 19.9. The Morgan fingerprint density at radius 2 is 1.84 bits per heavy atom. The van der Waals surface area contributed by atoms with Crippen molar-refractivity contribution in [3.05, 3.63) is 45.3 Å². The Hall–Kier alpha value is -3.02. The van der Waals surface area contributed by atoms with Crippen molar-refractivity contribution >= 4 is 55.0 Å². The zero-order chi connectivity index (χ0) is 23.3. The highest BCUT2D eigenvalue weighted by Gasteiger charge is 2.21. The van der Waals surface area contributed by atoms with Gasteiger partial charge in [-0.1, -0.05) is 22.7 Å². The van der Waals surface area contributed by atoms with Crippen LogP contribution >= 0.6 is 22.7 Å². The van der Waals surface area contributed by atoms with Crippen LogP contribution in [0.15, 0.2) is 30.3 Å². The van der Waals surface area contributed by atoms with Gasteiger partial charge in [0.05, 0.1) is 19.1 Å². The molecule has 11 heteroatoms. The number of carbonyl (C=O) groups excluding carboxylic acids is 1. The minimum absolute atomic E-state index is 0.0327. The second-order valence-electron chi connectivity index (χ2n) is 7.06. The molecule has 3 aromatic rings. The van der Waals surface area contributed by atoms with E-state index in [4.69, 9.17) is 9.47 Å². The molecule has 9 nitrogen and oxygen atoms in total. The number of nitro groups is 1. The molecule has 170 valence electrons. The number of hydrogen-bond donors (Lipinski definition) is 0. The van der Waals surface area contributed by atoms with Gasteiger partial charge in [0.15, 0.2) is 5.13 Å². The van der Waals surface area contributed by atoms with Gasteiger partial charge < -0.3 is 14.4 Å². The molecule has 0 bridgehead atoms. The molecule has 3 rings (SSSR count). The van der Waals surface area contributed by atoms with E-state index in [0.717, 1.165) is 29.0 Å². The Balaban J connectivity index is 1.93. The molecule has 0 spiro atoms. The first-order valence-corrected chi connectivity index (χ1v) is 11.4. The summed E-state index contributed by atoms with van der Waals surface area (Å²) in [5, 5.41) is 11.5. The Bertz CT molecular complexity index is 1100. The monoisotopic (exact) mass is 476 g/mol. The van der Waals surface area contributed by atoms with Crippen LogP contribution in [0.2, 0.25) is 0 Å². The average molecular weight is 477 g/mol. The number of rotatable bonds is 10. The minimum atomic E-state index is -0.445. The summed E-state index contributed by atoms with van der Waals surface area (Å²) in [7, 11) is 7.11. The third-order valence-corrected chi connectivity index (χ3v) is 6.66. The van der Waals surface area contributed by atoms with Gasteiger partial charge in [0.25, 0.3) is 5.91 Å². The lowest BCUT2D eigenvalue weighted by Crippen LogP contribution is -2.32. The Morgan fingerprint density at radius 3 is 2.47 bits per heavy atom. The van der Waals surface area contributed by atoms with Crippen LogP contribution in [0.5, 0.6) is 11.5 Å². The number of thiophene rings is 1. The molecule has 1 amide bonds. The van der Waals surface area contributed by atoms with Crippen LogP contribution in [0.1, 0.15) is 11.3 Å². The van der Waals surface area contributed by atoms with Crippen LogP contribution in [0, 0.1) is 10.1 Å². The Morgan fingerprint density at radius 1 is 1.12 bits per heavy atom. The maximum absolute atomic E-state index is 13.1. The highest BCUT2D eigenvalue weighted by molar-refractivity contribution is 7.22. The summed E-state index contributed by atoms with van der Waals surface area (Å²) in [4.78, 5) is 32.5. The number of fused-ring (bicyclic) bond motifs is 1. The van der Waals surface area contributed by atoms with Gasteiger partial charge in [-0.3, -0.25) is 19.8 Å². The summed E-state index contributed by atoms with van der Waals surface area (Å²) in [5.74, 6) is 1.01. The van der Waals surface area contributed by atoms with Gasteiger partial charge in [0.2, 0.25) is 0 Å². The van der Waals surface area contributed by atoms with Crippen LogP contribution in [-0.2, 0) is 4.79 Å². The van der Waals surface area contributed by atoms with Crippen LogP contribution in [0.3, 0.4) is 0 Å². The second kappa shape index (κ2) is 10.5. The highest BCUT2D eigenvalue weighted by Crippen LogP contribution is 2.40. The lowest BCUT2D eigenvalue weighted by atomic mass is 10.3. The number of benzene rings is 1. The van der Waals surface area contributed by atoms with E-state index in [-0.39, 0.29) is 10.9 Å². The van der Waals surface area contributed by atoms with Gasteiger partial charge in [-0.05, 0) is 51.3 Å². The Kier molecular flexibility index (Phi) is 7.78. The number of nitrogens with zero attached hydrogens (tertiary/aromatic N) is 4. The molecule has 0 radical (unpaired) electrons. The maximum atomic E-state index is 13.1. The molecule has 0 aliphatic carbocycles. The lowest BCUT2D eigenvalue weighted by Gasteiger charge is -2.19. The van der Waals surface area contributed by atoms with E-state index in [1.807, 2.05) is 25.1 Å². The first kappa shape index (κ1) is 23.6. The number of ether oxygens (including phenoxy) is 2. The third kappa shape index (κ3) is 5.42. The molecular formula is C21H24N4O5S2. The van der Waals surface area contributed by atoms with Crippen molar-refractivity contribution in [3.8, 4) is 11.5 Å². The SMILES string of the molecule is COc1ccc(OC)c2sc(N(CCCN(C)C)C(=O)/C=C/c3ccc([N+](=O)[O-])s3)nc12. The Labute approximate surface area is 193 Å². The number of anilines is 1. The van der Waals surface area contributed by atoms with Gasteiger partial charge in [0.1, 0.15) is 21.7 Å². The minimum Gasteiger partial charge on any atom is -0.495 e. The summed E-state index contributed by atoms with van der Waals surface area (Å²) >= 11 is 2.37. The van der Waals surface area contributed by atoms with Gasteiger partial charge in [-0.2, -0.15) is 0 Å². The fourth-order valence-electron chi connectivity index (χ4n) is 3.01. The number of aromatic nitrogens is 1. The molecule has 0 N–H and O–H groups in total. The second-order valence-corrected chi connectivity index (χ2v) is 9.13. The largest absolute Gasteiger partial charge is 0.495 e. The zero-order valence-electron chi connectivity index (χ0n) is 18.2. The molecule has 0 atom stereocenters. The third-order valence-electron chi connectivity index (χ3n) is 4.57. The molecule has 32 heavy (non-hydrogen) atoms. The summed E-state index contributed by atoms with van der Waals surface area (Å²) in [5.41, 5.74) is 0.634. The molecule has 0 aliphatic rings. The van der Waals surface area contributed by atoms with Crippen molar-refractivity contribution in [2.75, 3.05) is 46.3 Å². The van der Waals surface area contributed by atoms with Crippen molar-refractivity contribution in [2.45, 2.75) is 6.42 Å². The average Bonchev–Trinajstić information content (AvgIpc) is 3.41. The van der Waals surface area contributed by atoms with Gasteiger partial charge in [-0.15, -0.1) is 0 Å². The van der Waals surface area contributed by atoms with Crippen LogP contribution in [-0.4, -0.2) is 62.1 Å². The predicted molar refractivity (Wildman–Crippen MR) is 128 cm³/mol. The van der Waals surface area contributed by atoms with Crippen molar-refractivity contribution in [1.29, 1.82) is 0 Å². The van der Waals surface area contributed by atoms with E-state index in [9.17, 15) is 14.9 Å². The molecule has 0 fully saturated rings. The fraction of sp³-hybridized carbons (Fsp3) is 0.333. The maximum Gasteiger partial charge on any atom is 0.324 e. The number of amides is 1. The van der Waals surface area contributed by atoms with Crippen molar-refractivity contribution in [1.82, 2.24) is 9.88 Å². The number of thiazole rings is 1. The van der Waals surface area contributed by atoms with E-state index < -0.39 is 4.92 Å².